The summed E-state index contributed by atoms with van der Waals surface area (Å²) >= 11 is 0. The lowest BCUT2D eigenvalue weighted by Crippen LogP contribution is -2.38. The van der Waals surface area contributed by atoms with Crippen molar-refractivity contribution < 1.29 is 13.2 Å². The highest BCUT2D eigenvalue weighted by molar-refractivity contribution is 8.13. The van der Waals surface area contributed by atoms with Gasteiger partial charge < -0.3 is 4.90 Å². The molecule has 1 aromatic carbocycles. The van der Waals surface area contributed by atoms with Crippen LogP contribution < -0.4 is 0 Å². The highest BCUT2D eigenvalue weighted by Gasteiger charge is 2.25. The predicted octanol–water partition coefficient (Wildman–Crippen LogP) is 2.19. The molecular weight excluding hydrogens is 286 g/mol. The van der Waals surface area contributed by atoms with E-state index in [1.807, 2.05) is 0 Å². The van der Waals surface area contributed by atoms with E-state index < -0.39 is 9.05 Å². The molecular formula is C13H14ClNO3S. The van der Waals surface area contributed by atoms with Crippen molar-refractivity contribution in [2.24, 2.45) is 0 Å². The molecule has 1 aliphatic heterocycles. The zero-order chi connectivity index (χ0) is 14.0. The van der Waals surface area contributed by atoms with Crippen LogP contribution in [0.2, 0.25) is 0 Å². The Morgan fingerprint density at radius 2 is 2.16 bits per heavy atom. The maximum atomic E-state index is 12.3. The topological polar surface area (TPSA) is 54.5 Å². The Kier molecular flexibility index (Phi) is 3.96. The Morgan fingerprint density at radius 1 is 1.42 bits per heavy atom. The fourth-order valence-electron chi connectivity index (χ4n) is 2.11. The first-order valence-electron chi connectivity index (χ1n) is 5.91. The van der Waals surface area contributed by atoms with Gasteiger partial charge in [0.1, 0.15) is 0 Å². The van der Waals surface area contributed by atoms with Crippen molar-refractivity contribution in [2.75, 3.05) is 13.1 Å². The van der Waals surface area contributed by atoms with Crippen molar-refractivity contribution in [1.82, 2.24) is 4.90 Å². The second-order valence-corrected chi connectivity index (χ2v) is 6.94. The number of halogens is 1. The van der Waals surface area contributed by atoms with Crippen LogP contribution in [0.1, 0.15) is 22.3 Å². The van der Waals surface area contributed by atoms with Crippen LogP contribution in [-0.2, 0) is 15.5 Å². The lowest BCUT2D eigenvalue weighted by Gasteiger charge is -2.28. The highest BCUT2D eigenvalue weighted by atomic mass is 35.7. The molecule has 0 fully saturated rings. The van der Waals surface area contributed by atoms with E-state index >= 15 is 0 Å². The molecule has 0 saturated carbocycles. The Labute approximate surface area is 117 Å². The maximum absolute atomic E-state index is 12.3. The molecule has 0 saturated heterocycles. The number of amides is 1. The Bertz CT molecular complexity index is 625. The molecule has 1 heterocycles. The molecule has 0 aromatic heterocycles. The van der Waals surface area contributed by atoms with Crippen molar-refractivity contribution in [3.05, 3.63) is 42.0 Å². The molecule has 19 heavy (non-hydrogen) atoms. The predicted molar refractivity (Wildman–Crippen MR) is 73.9 cm³/mol. The molecule has 0 bridgehead atoms. The summed E-state index contributed by atoms with van der Waals surface area (Å²) in [5.41, 5.74) is 1.29. The van der Waals surface area contributed by atoms with E-state index in [1.165, 1.54) is 12.1 Å². The fourth-order valence-corrected chi connectivity index (χ4v) is 2.89. The van der Waals surface area contributed by atoms with Crippen LogP contribution in [0.3, 0.4) is 0 Å². The second-order valence-electron chi connectivity index (χ2n) is 4.38. The largest absolute Gasteiger partial charge is 0.338 e. The SMILES string of the molecule is C=CCCN1CCc2ccc(S(=O)(=O)Cl)cc2C1=O. The number of carbonyl (C=O) groups excluding carboxylic acids is 1. The molecule has 0 aliphatic carbocycles. The van der Waals surface area contributed by atoms with Crippen molar-refractivity contribution in [2.45, 2.75) is 17.7 Å². The number of rotatable bonds is 4. The van der Waals surface area contributed by atoms with Gasteiger partial charge in [0.2, 0.25) is 0 Å². The van der Waals surface area contributed by atoms with Crippen LogP contribution in [0, 0.1) is 0 Å². The van der Waals surface area contributed by atoms with Crippen LogP contribution >= 0.6 is 10.7 Å². The average Bonchev–Trinajstić information content (AvgIpc) is 2.37. The summed E-state index contributed by atoms with van der Waals surface area (Å²) in [4.78, 5) is 13.9. The number of fused-ring (bicyclic) bond motifs is 1. The molecule has 1 aromatic rings. The molecule has 2 rings (SSSR count). The molecule has 0 atom stereocenters. The summed E-state index contributed by atoms with van der Waals surface area (Å²) in [5, 5.41) is 0. The third-order valence-corrected chi connectivity index (χ3v) is 4.49. The van der Waals surface area contributed by atoms with E-state index in [0.29, 0.717) is 25.1 Å². The van der Waals surface area contributed by atoms with Crippen LogP contribution in [0.5, 0.6) is 0 Å². The summed E-state index contributed by atoms with van der Waals surface area (Å²) < 4.78 is 22.6. The summed E-state index contributed by atoms with van der Waals surface area (Å²) in [6.07, 6.45) is 3.19. The number of nitrogens with zero attached hydrogens (tertiary/aromatic N) is 1. The quantitative estimate of drug-likeness (QED) is 0.632. The first-order valence-corrected chi connectivity index (χ1v) is 8.22. The maximum Gasteiger partial charge on any atom is 0.261 e. The van der Waals surface area contributed by atoms with Crippen LogP contribution in [0.15, 0.2) is 35.7 Å². The van der Waals surface area contributed by atoms with E-state index in [0.717, 1.165) is 12.0 Å². The van der Waals surface area contributed by atoms with Gasteiger partial charge in [-0.25, -0.2) is 8.42 Å². The molecule has 4 nitrogen and oxygen atoms in total. The van der Waals surface area contributed by atoms with Gasteiger partial charge in [0.05, 0.1) is 4.90 Å². The lowest BCUT2D eigenvalue weighted by atomic mass is 9.99. The molecule has 6 heteroatoms. The first-order chi connectivity index (χ1) is 8.93. The van der Waals surface area contributed by atoms with Gasteiger partial charge in [-0.3, -0.25) is 4.79 Å². The van der Waals surface area contributed by atoms with Crippen molar-refractivity contribution >= 4 is 25.6 Å². The number of hydrogen-bond donors (Lipinski definition) is 0. The standard InChI is InChI=1S/C13H14ClNO3S/c1-2-3-7-15-8-6-10-4-5-11(19(14,17)18)9-12(10)13(15)16/h2,4-5,9H,1,3,6-8H2. The van der Waals surface area contributed by atoms with Crippen molar-refractivity contribution in [3.8, 4) is 0 Å². The van der Waals surface area contributed by atoms with Crippen LogP contribution in [0.4, 0.5) is 0 Å². The smallest absolute Gasteiger partial charge is 0.261 e. The zero-order valence-corrected chi connectivity index (χ0v) is 11.9. The van der Waals surface area contributed by atoms with Gasteiger partial charge in [-0.2, -0.15) is 0 Å². The summed E-state index contributed by atoms with van der Waals surface area (Å²) in [6, 6.07) is 4.46. The minimum absolute atomic E-state index is 0.0353. The number of hydrogen-bond acceptors (Lipinski definition) is 3. The number of carbonyl (C=O) groups is 1. The van der Waals surface area contributed by atoms with Crippen LogP contribution in [-0.4, -0.2) is 32.3 Å². The minimum Gasteiger partial charge on any atom is -0.338 e. The monoisotopic (exact) mass is 299 g/mol. The van der Waals surface area contributed by atoms with E-state index in [1.54, 1.807) is 17.0 Å². The van der Waals surface area contributed by atoms with Gasteiger partial charge in [-0.15, -0.1) is 6.58 Å². The molecule has 0 N–H and O–H groups in total. The average molecular weight is 300 g/mol. The number of benzene rings is 1. The van der Waals surface area contributed by atoms with E-state index in [9.17, 15) is 13.2 Å². The van der Waals surface area contributed by atoms with Crippen LogP contribution in [0.25, 0.3) is 0 Å². The van der Waals surface area contributed by atoms with Gasteiger partial charge in [0.25, 0.3) is 15.0 Å². The third kappa shape index (κ3) is 2.98. The molecule has 0 radical (unpaired) electrons. The van der Waals surface area contributed by atoms with Crippen molar-refractivity contribution in [1.29, 1.82) is 0 Å². The molecule has 1 aliphatic rings. The first kappa shape index (κ1) is 14.1. The Morgan fingerprint density at radius 3 is 2.79 bits per heavy atom. The zero-order valence-electron chi connectivity index (χ0n) is 10.3. The summed E-state index contributed by atoms with van der Waals surface area (Å²) in [7, 11) is 1.49. The van der Waals surface area contributed by atoms with Crippen molar-refractivity contribution in [3.63, 3.8) is 0 Å². The summed E-state index contributed by atoms with van der Waals surface area (Å²) in [6.45, 7) is 4.87. The third-order valence-electron chi connectivity index (χ3n) is 3.13. The van der Waals surface area contributed by atoms with Gasteiger partial charge in [-0.05, 0) is 30.5 Å². The molecule has 1 amide bonds. The molecule has 0 unspecified atom stereocenters. The molecule has 102 valence electrons. The van der Waals surface area contributed by atoms with E-state index in [2.05, 4.69) is 6.58 Å². The lowest BCUT2D eigenvalue weighted by molar-refractivity contribution is 0.0742. The van der Waals surface area contributed by atoms with E-state index in [4.69, 9.17) is 10.7 Å². The second kappa shape index (κ2) is 5.35. The highest BCUT2D eigenvalue weighted by Crippen LogP contribution is 2.24. The van der Waals surface area contributed by atoms with Gasteiger partial charge in [0, 0.05) is 29.3 Å². The summed E-state index contributed by atoms with van der Waals surface area (Å²) in [5.74, 6) is -0.148. The fraction of sp³-hybridized carbons (Fsp3) is 0.308. The van der Waals surface area contributed by atoms with Gasteiger partial charge >= 0.3 is 0 Å². The normalized spacial score (nSPS) is 15.2. The van der Waals surface area contributed by atoms with Gasteiger partial charge in [0.15, 0.2) is 0 Å². The Balaban J connectivity index is 2.36. The van der Waals surface area contributed by atoms with Gasteiger partial charge in [-0.1, -0.05) is 12.1 Å². The minimum atomic E-state index is -3.81. The molecule has 0 spiro atoms. The Hall–Kier alpha value is -1.33. The van der Waals surface area contributed by atoms with E-state index in [-0.39, 0.29) is 10.8 Å².